The van der Waals surface area contributed by atoms with E-state index < -0.39 is 0 Å². The highest BCUT2D eigenvalue weighted by molar-refractivity contribution is 7.09. The molecule has 3 heterocycles. The van der Waals surface area contributed by atoms with Crippen LogP contribution in [0.15, 0.2) is 9.90 Å². The molecule has 1 atom stereocenters. The van der Waals surface area contributed by atoms with Gasteiger partial charge in [0.1, 0.15) is 0 Å². The molecule has 2 aliphatic rings. The summed E-state index contributed by atoms with van der Waals surface area (Å²) in [6, 6.07) is 0.368. The number of hydrogen-bond acceptors (Lipinski definition) is 7. The van der Waals surface area contributed by atoms with Gasteiger partial charge in [0.2, 0.25) is 5.89 Å². The van der Waals surface area contributed by atoms with Crippen LogP contribution < -0.4 is 5.32 Å². The van der Waals surface area contributed by atoms with Crippen LogP contribution in [0.1, 0.15) is 58.9 Å². The molecular weight excluding hydrogens is 314 g/mol. The van der Waals surface area contributed by atoms with E-state index in [9.17, 15) is 4.79 Å². The highest BCUT2D eigenvalue weighted by Gasteiger charge is 2.32. The highest BCUT2D eigenvalue weighted by atomic mass is 32.1. The van der Waals surface area contributed by atoms with Gasteiger partial charge in [0.05, 0.1) is 16.7 Å². The molecule has 23 heavy (non-hydrogen) atoms. The van der Waals surface area contributed by atoms with Gasteiger partial charge in [0.15, 0.2) is 0 Å². The number of amides is 1. The van der Waals surface area contributed by atoms with Gasteiger partial charge in [0, 0.05) is 18.0 Å². The Morgan fingerprint density at radius 3 is 3.04 bits per heavy atom. The zero-order valence-corrected chi connectivity index (χ0v) is 13.8. The fourth-order valence-electron chi connectivity index (χ4n) is 2.92. The van der Waals surface area contributed by atoms with Crippen LogP contribution >= 0.6 is 11.3 Å². The molecule has 2 aromatic heterocycles. The molecule has 0 radical (unpaired) electrons. The lowest BCUT2D eigenvalue weighted by Crippen LogP contribution is -2.27. The van der Waals surface area contributed by atoms with E-state index in [2.05, 4.69) is 30.7 Å². The molecule has 7 nitrogen and oxygen atoms in total. The molecule has 8 heteroatoms. The monoisotopic (exact) mass is 333 g/mol. The predicted molar refractivity (Wildman–Crippen MR) is 84.0 cm³/mol. The van der Waals surface area contributed by atoms with Crippen LogP contribution in [0.3, 0.4) is 0 Å². The second kappa shape index (κ2) is 6.01. The fraction of sp³-hybridized carbons (Fsp3) is 0.600. The summed E-state index contributed by atoms with van der Waals surface area (Å²) in [5.74, 6) is 0.445. The van der Waals surface area contributed by atoms with Crippen LogP contribution in [-0.4, -0.2) is 38.5 Å². The summed E-state index contributed by atoms with van der Waals surface area (Å²) in [5.41, 5.74) is 1.07. The number of aromatic nitrogens is 3. The molecule has 1 N–H and O–H groups in total. The van der Waals surface area contributed by atoms with Gasteiger partial charge in [-0.2, -0.15) is 4.98 Å². The molecular formula is C15H19N5O2S. The van der Waals surface area contributed by atoms with Crippen LogP contribution in [0.5, 0.6) is 0 Å². The SMILES string of the molecule is Cc1nc(CN2CCC[C@H]2c2nc(C(=O)NC3CC3)no2)cs1. The van der Waals surface area contributed by atoms with Crippen molar-refractivity contribution in [3.63, 3.8) is 0 Å². The Morgan fingerprint density at radius 2 is 2.30 bits per heavy atom. The van der Waals surface area contributed by atoms with Gasteiger partial charge in [-0.1, -0.05) is 5.16 Å². The smallest absolute Gasteiger partial charge is 0.292 e. The van der Waals surface area contributed by atoms with Crippen molar-refractivity contribution in [3.05, 3.63) is 27.8 Å². The Labute approximate surface area is 138 Å². The Morgan fingerprint density at radius 1 is 1.43 bits per heavy atom. The molecule has 0 aromatic carbocycles. The summed E-state index contributed by atoms with van der Waals surface area (Å²) in [7, 11) is 0. The van der Waals surface area contributed by atoms with E-state index in [1.165, 1.54) is 0 Å². The number of aryl methyl sites for hydroxylation is 1. The predicted octanol–water partition coefficient (Wildman–Crippen LogP) is 2.06. The van der Waals surface area contributed by atoms with Crippen molar-refractivity contribution < 1.29 is 9.32 Å². The second-order valence-electron chi connectivity index (χ2n) is 6.19. The largest absolute Gasteiger partial charge is 0.346 e. The highest BCUT2D eigenvalue weighted by Crippen LogP contribution is 2.32. The van der Waals surface area contributed by atoms with Crippen molar-refractivity contribution in [2.75, 3.05) is 6.54 Å². The number of rotatable bonds is 5. The van der Waals surface area contributed by atoms with Gasteiger partial charge in [-0.05, 0) is 39.2 Å². The molecule has 2 aromatic rings. The van der Waals surface area contributed by atoms with Crippen LogP contribution in [0.4, 0.5) is 0 Å². The number of nitrogens with zero attached hydrogens (tertiary/aromatic N) is 4. The maximum Gasteiger partial charge on any atom is 0.292 e. The summed E-state index contributed by atoms with van der Waals surface area (Å²) < 4.78 is 5.36. The van der Waals surface area contributed by atoms with Crippen molar-refractivity contribution in [2.24, 2.45) is 0 Å². The number of carbonyl (C=O) groups excluding carboxylic acids is 1. The first-order valence-corrected chi connectivity index (χ1v) is 8.86. The third kappa shape index (κ3) is 3.28. The van der Waals surface area contributed by atoms with E-state index in [1.54, 1.807) is 11.3 Å². The van der Waals surface area contributed by atoms with Crippen molar-refractivity contribution >= 4 is 17.2 Å². The van der Waals surface area contributed by atoms with Gasteiger partial charge in [-0.3, -0.25) is 9.69 Å². The molecule has 0 unspecified atom stereocenters. The topological polar surface area (TPSA) is 84.2 Å². The number of nitrogens with one attached hydrogen (secondary N) is 1. The Kier molecular flexibility index (Phi) is 3.86. The van der Waals surface area contributed by atoms with Crippen molar-refractivity contribution in [1.82, 2.24) is 25.3 Å². The van der Waals surface area contributed by atoms with Gasteiger partial charge in [-0.25, -0.2) is 4.98 Å². The minimum absolute atomic E-state index is 0.0759. The van der Waals surface area contributed by atoms with E-state index in [4.69, 9.17) is 4.52 Å². The molecule has 1 amide bonds. The van der Waals surface area contributed by atoms with Gasteiger partial charge >= 0.3 is 0 Å². The summed E-state index contributed by atoms with van der Waals surface area (Å²) in [6.45, 7) is 3.77. The van der Waals surface area contributed by atoms with Gasteiger partial charge in [0.25, 0.3) is 11.7 Å². The van der Waals surface area contributed by atoms with E-state index in [0.717, 1.165) is 49.5 Å². The van der Waals surface area contributed by atoms with Crippen LogP contribution in [-0.2, 0) is 6.54 Å². The minimum atomic E-state index is -0.234. The third-order valence-electron chi connectivity index (χ3n) is 4.24. The van der Waals surface area contributed by atoms with Gasteiger partial charge < -0.3 is 9.84 Å². The number of carbonyl (C=O) groups is 1. The molecule has 1 saturated heterocycles. The molecule has 122 valence electrons. The minimum Gasteiger partial charge on any atom is -0.346 e. The normalized spacial score (nSPS) is 21.7. The molecule has 0 bridgehead atoms. The van der Waals surface area contributed by atoms with Crippen molar-refractivity contribution in [2.45, 2.75) is 51.2 Å². The first kappa shape index (κ1) is 14.8. The fourth-order valence-corrected chi connectivity index (χ4v) is 3.53. The molecule has 1 saturated carbocycles. The second-order valence-corrected chi connectivity index (χ2v) is 7.25. The van der Waals surface area contributed by atoms with Gasteiger partial charge in [-0.15, -0.1) is 11.3 Å². The molecule has 1 aliphatic heterocycles. The number of likely N-dealkylation sites (tertiary alicyclic amines) is 1. The number of thiazole rings is 1. The zero-order valence-electron chi connectivity index (χ0n) is 13.0. The Bertz CT molecular complexity index is 708. The molecule has 0 spiro atoms. The molecule has 1 aliphatic carbocycles. The average Bonchev–Trinajstić information content (AvgIpc) is 2.96. The Hall–Kier alpha value is -1.80. The standard InChI is InChI=1S/C15H19N5O2S/c1-9-16-11(8-23-9)7-20-6-2-3-12(20)15-18-13(19-22-15)14(21)17-10-4-5-10/h8,10,12H,2-7H2,1H3,(H,17,21)/t12-/m0/s1. The zero-order chi connectivity index (χ0) is 15.8. The van der Waals surface area contributed by atoms with Crippen molar-refractivity contribution in [1.29, 1.82) is 0 Å². The van der Waals surface area contributed by atoms with E-state index in [-0.39, 0.29) is 17.8 Å². The Balaban J connectivity index is 1.45. The van der Waals surface area contributed by atoms with Crippen LogP contribution in [0.2, 0.25) is 0 Å². The third-order valence-corrected chi connectivity index (χ3v) is 5.06. The van der Waals surface area contributed by atoms with E-state index in [0.29, 0.717) is 11.9 Å². The first-order valence-electron chi connectivity index (χ1n) is 7.98. The lowest BCUT2D eigenvalue weighted by Gasteiger charge is -2.20. The quantitative estimate of drug-likeness (QED) is 0.902. The molecule has 4 rings (SSSR count). The maximum atomic E-state index is 12.0. The maximum absolute atomic E-state index is 12.0. The average molecular weight is 333 g/mol. The van der Waals surface area contributed by atoms with E-state index in [1.807, 2.05) is 6.92 Å². The lowest BCUT2D eigenvalue weighted by molar-refractivity contribution is 0.0937. The number of hydrogen-bond donors (Lipinski definition) is 1. The molecule has 2 fully saturated rings. The lowest BCUT2D eigenvalue weighted by atomic mass is 10.2. The summed E-state index contributed by atoms with van der Waals surface area (Å²) in [4.78, 5) is 23.1. The van der Waals surface area contributed by atoms with E-state index >= 15 is 0 Å². The summed E-state index contributed by atoms with van der Waals surface area (Å²) >= 11 is 1.66. The summed E-state index contributed by atoms with van der Waals surface area (Å²) in [6.07, 6.45) is 4.13. The van der Waals surface area contributed by atoms with Crippen LogP contribution in [0.25, 0.3) is 0 Å². The van der Waals surface area contributed by atoms with Crippen LogP contribution in [0, 0.1) is 6.92 Å². The summed E-state index contributed by atoms with van der Waals surface area (Å²) in [5, 5.41) is 9.90. The van der Waals surface area contributed by atoms with Crippen molar-refractivity contribution in [3.8, 4) is 0 Å². The first-order chi connectivity index (χ1) is 11.2.